The molecule has 0 radical (unpaired) electrons. The van der Waals surface area contributed by atoms with E-state index in [1.54, 1.807) is 19.1 Å². The Morgan fingerprint density at radius 1 is 1.40 bits per heavy atom. The lowest BCUT2D eigenvalue weighted by molar-refractivity contribution is -0.385. The summed E-state index contributed by atoms with van der Waals surface area (Å²) in [6, 6.07) is 4.77. The molecule has 1 rings (SSSR count). The molecule has 0 bridgehead atoms. The van der Waals surface area contributed by atoms with E-state index in [-0.39, 0.29) is 11.6 Å². The molecule has 0 heterocycles. The van der Waals surface area contributed by atoms with Gasteiger partial charge in [-0.1, -0.05) is 6.07 Å². The maximum Gasteiger partial charge on any atom is 0.276 e. The summed E-state index contributed by atoms with van der Waals surface area (Å²) in [6.07, 6.45) is 2.74. The molecule has 7 nitrogen and oxygen atoms in total. The van der Waals surface area contributed by atoms with E-state index in [4.69, 9.17) is 10.6 Å². The van der Waals surface area contributed by atoms with Gasteiger partial charge in [0.15, 0.2) is 0 Å². The molecule has 0 atom stereocenters. The zero-order chi connectivity index (χ0) is 15.0. The van der Waals surface area contributed by atoms with Crippen molar-refractivity contribution in [2.24, 2.45) is 5.84 Å². The van der Waals surface area contributed by atoms with Crippen LogP contribution in [-0.4, -0.2) is 17.4 Å². The zero-order valence-electron chi connectivity index (χ0n) is 11.4. The molecule has 7 heteroatoms. The number of carbonyl (C=O) groups is 1. The topological polar surface area (TPSA) is 107 Å². The third-order valence-corrected chi connectivity index (χ3v) is 2.92. The van der Waals surface area contributed by atoms with Crippen LogP contribution in [0.25, 0.3) is 0 Å². The first kappa shape index (κ1) is 15.9. The number of amides is 1. The Labute approximate surface area is 117 Å². The zero-order valence-corrected chi connectivity index (χ0v) is 11.4. The molecule has 1 aromatic carbocycles. The summed E-state index contributed by atoms with van der Waals surface area (Å²) < 4.78 is 5.53. The summed E-state index contributed by atoms with van der Waals surface area (Å²) >= 11 is 0. The summed E-state index contributed by atoms with van der Waals surface area (Å²) in [6.45, 7) is 2.13. The summed E-state index contributed by atoms with van der Waals surface area (Å²) in [7, 11) is 0. The maximum absolute atomic E-state index is 10.9. The van der Waals surface area contributed by atoms with Crippen molar-refractivity contribution in [2.75, 3.05) is 6.61 Å². The predicted molar refractivity (Wildman–Crippen MR) is 74.1 cm³/mol. The number of hydrogen-bond acceptors (Lipinski definition) is 5. The van der Waals surface area contributed by atoms with Gasteiger partial charge >= 0.3 is 0 Å². The smallest absolute Gasteiger partial charge is 0.276 e. The molecule has 0 saturated heterocycles. The Hall–Kier alpha value is -2.15. The fourth-order valence-electron chi connectivity index (χ4n) is 1.78. The first-order valence-electron chi connectivity index (χ1n) is 6.42. The Morgan fingerprint density at radius 2 is 2.15 bits per heavy atom. The van der Waals surface area contributed by atoms with Crippen LogP contribution in [0.15, 0.2) is 18.2 Å². The normalized spacial score (nSPS) is 10.1. The number of nitrogens with zero attached hydrogens (tertiary/aromatic N) is 1. The minimum absolute atomic E-state index is 0.0575. The van der Waals surface area contributed by atoms with Crippen molar-refractivity contribution in [3.05, 3.63) is 33.9 Å². The average Bonchev–Trinajstić information content (AvgIpc) is 2.43. The first-order chi connectivity index (χ1) is 9.56. The van der Waals surface area contributed by atoms with Gasteiger partial charge in [0.2, 0.25) is 5.91 Å². The van der Waals surface area contributed by atoms with E-state index in [1.807, 2.05) is 0 Å². The molecular weight excluding hydrogens is 262 g/mol. The quantitative estimate of drug-likeness (QED) is 0.248. The van der Waals surface area contributed by atoms with Crippen LogP contribution in [0.1, 0.15) is 31.2 Å². The van der Waals surface area contributed by atoms with E-state index in [9.17, 15) is 14.9 Å². The van der Waals surface area contributed by atoms with E-state index in [2.05, 4.69) is 5.43 Å². The van der Waals surface area contributed by atoms with Crippen molar-refractivity contribution < 1.29 is 14.5 Å². The number of carbonyl (C=O) groups excluding carboxylic acids is 1. The Kier molecular flexibility index (Phi) is 6.45. The molecule has 0 aliphatic carbocycles. The lowest BCUT2D eigenvalue weighted by Crippen LogP contribution is -2.29. The largest absolute Gasteiger partial charge is 0.493 e. The van der Waals surface area contributed by atoms with Gasteiger partial charge in [0, 0.05) is 12.5 Å². The number of hydrazine groups is 1. The third kappa shape index (κ3) is 4.85. The fraction of sp³-hybridized carbons (Fsp3) is 0.462. The number of benzene rings is 1. The second-order valence-corrected chi connectivity index (χ2v) is 4.38. The van der Waals surface area contributed by atoms with E-state index in [0.29, 0.717) is 24.3 Å². The van der Waals surface area contributed by atoms with Crippen molar-refractivity contribution in [2.45, 2.75) is 32.6 Å². The van der Waals surface area contributed by atoms with E-state index in [1.165, 1.54) is 6.07 Å². The molecule has 1 amide bonds. The van der Waals surface area contributed by atoms with Crippen molar-refractivity contribution in [1.82, 2.24) is 5.43 Å². The minimum atomic E-state index is -0.423. The highest BCUT2D eigenvalue weighted by Gasteiger charge is 2.13. The van der Waals surface area contributed by atoms with Gasteiger partial charge in [-0.05, 0) is 32.3 Å². The summed E-state index contributed by atoms with van der Waals surface area (Å²) in [5.41, 5.74) is 2.66. The van der Waals surface area contributed by atoms with Crippen molar-refractivity contribution in [3.63, 3.8) is 0 Å². The van der Waals surface area contributed by atoms with Gasteiger partial charge in [-0.2, -0.15) is 0 Å². The summed E-state index contributed by atoms with van der Waals surface area (Å²) in [5.74, 6) is 5.31. The number of nitrogens with one attached hydrogen (secondary N) is 1. The number of nitro benzene ring substituents is 1. The maximum atomic E-state index is 10.9. The highest BCUT2D eigenvalue weighted by atomic mass is 16.6. The van der Waals surface area contributed by atoms with Crippen LogP contribution in [0, 0.1) is 17.0 Å². The molecule has 0 fully saturated rings. The van der Waals surface area contributed by atoms with Crippen molar-refractivity contribution in [1.29, 1.82) is 0 Å². The predicted octanol–water partition coefficient (Wildman–Crippen LogP) is 1.83. The Morgan fingerprint density at radius 3 is 2.80 bits per heavy atom. The number of hydrogen-bond donors (Lipinski definition) is 2. The SMILES string of the molecule is Cc1c(OCCCCCC(=O)NN)cccc1[N+](=O)[O-]. The lowest BCUT2D eigenvalue weighted by Gasteiger charge is -2.09. The highest BCUT2D eigenvalue weighted by Crippen LogP contribution is 2.27. The molecule has 1 aromatic rings. The van der Waals surface area contributed by atoms with Gasteiger partial charge in [-0.3, -0.25) is 20.3 Å². The lowest BCUT2D eigenvalue weighted by atomic mass is 10.2. The average molecular weight is 281 g/mol. The number of nitrogens with two attached hydrogens (primary N) is 1. The van der Waals surface area contributed by atoms with Gasteiger partial charge in [0.25, 0.3) is 5.69 Å². The third-order valence-electron chi connectivity index (χ3n) is 2.92. The van der Waals surface area contributed by atoms with Gasteiger partial charge in [0.1, 0.15) is 5.75 Å². The van der Waals surface area contributed by atoms with Crippen LogP contribution < -0.4 is 16.0 Å². The number of unbranched alkanes of at least 4 members (excludes halogenated alkanes) is 2. The Bertz CT molecular complexity index is 477. The molecule has 0 aromatic heterocycles. The summed E-state index contributed by atoms with van der Waals surface area (Å²) in [5, 5.41) is 10.8. The minimum Gasteiger partial charge on any atom is -0.493 e. The second kappa shape index (κ2) is 8.11. The van der Waals surface area contributed by atoms with Crippen LogP contribution in [0.4, 0.5) is 5.69 Å². The van der Waals surface area contributed by atoms with Crippen molar-refractivity contribution >= 4 is 11.6 Å². The molecule has 0 unspecified atom stereocenters. The standard InChI is InChI=1S/C13H19N3O4/c1-10-11(16(18)19)6-5-7-12(10)20-9-4-2-3-8-13(17)15-14/h5-7H,2-4,8-9,14H2,1H3,(H,15,17). The van der Waals surface area contributed by atoms with Crippen LogP contribution >= 0.6 is 0 Å². The molecule has 0 aliphatic rings. The number of nitro groups is 1. The molecule has 0 spiro atoms. The molecule has 0 aliphatic heterocycles. The molecule has 20 heavy (non-hydrogen) atoms. The van der Waals surface area contributed by atoms with Gasteiger partial charge in [0.05, 0.1) is 17.1 Å². The van der Waals surface area contributed by atoms with E-state index in [0.717, 1.165) is 19.3 Å². The summed E-state index contributed by atoms with van der Waals surface area (Å²) in [4.78, 5) is 21.2. The van der Waals surface area contributed by atoms with Crippen LogP contribution in [0.3, 0.4) is 0 Å². The highest BCUT2D eigenvalue weighted by molar-refractivity contribution is 5.75. The van der Waals surface area contributed by atoms with Gasteiger partial charge in [-0.25, -0.2) is 5.84 Å². The van der Waals surface area contributed by atoms with E-state index >= 15 is 0 Å². The number of ether oxygens (including phenoxy) is 1. The molecule has 110 valence electrons. The molecule has 0 saturated carbocycles. The monoisotopic (exact) mass is 281 g/mol. The van der Waals surface area contributed by atoms with Gasteiger partial charge < -0.3 is 4.74 Å². The van der Waals surface area contributed by atoms with Crippen LogP contribution in [0.2, 0.25) is 0 Å². The van der Waals surface area contributed by atoms with Gasteiger partial charge in [-0.15, -0.1) is 0 Å². The van der Waals surface area contributed by atoms with Crippen molar-refractivity contribution in [3.8, 4) is 5.75 Å². The van der Waals surface area contributed by atoms with Crippen LogP contribution in [-0.2, 0) is 4.79 Å². The van der Waals surface area contributed by atoms with E-state index < -0.39 is 4.92 Å². The number of rotatable bonds is 8. The molecule has 3 N–H and O–H groups in total. The molecular formula is C13H19N3O4. The first-order valence-corrected chi connectivity index (χ1v) is 6.42. The fourth-order valence-corrected chi connectivity index (χ4v) is 1.78. The van der Waals surface area contributed by atoms with Crippen LogP contribution in [0.5, 0.6) is 5.75 Å². The Balaban J connectivity index is 2.34. The second-order valence-electron chi connectivity index (χ2n) is 4.38.